The maximum absolute atomic E-state index is 6.52. The van der Waals surface area contributed by atoms with Gasteiger partial charge in [0.2, 0.25) is 0 Å². The Labute approximate surface area is 163 Å². The third kappa shape index (κ3) is 3.75. The molecule has 0 atom stereocenters. The van der Waals surface area contributed by atoms with Gasteiger partial charge in [0.1, 0.15) is 0 Å². The zero-order chi connectivity index (χ0) is 18.1. The molecular formula is C21H32ClN3O. The lowest BCUT2D eigenvalue weighted by Gasteiger charge is -2.61. The lowest BCUT2D eigenvalue weighted by atomic mass is 9.60. The predicted octanol–water partition coefficient (Wildman–Crippen LogP) is 3.14. The van der Waals surface area contributed by atoms with Crippen molar-refractivity contribution in [2.75, 3.05) is 64.9 Å². The van der Waals surface area contributed by atoms with Crippen LogP contribution in [-0.2, 0) is 11.2 Å². The highest BCUT2D eigenvalue weighted by Gasteiger charge is 2.52. The molecule has 1 aromatic carbocycles. The van der Waals surface area contributed by atoms with E-state index >= 15 is 0 Å². The number of piperazine rings is 1. The van der Waals surface area contributed by atoms with Crippen LogP contribution in [-0.4, -0.2) is 75.9 Å². The largest absolute Gasteiger partial charge is 0.385 e. The molecule has 0 unspecified atom stereocenters. The summed E-state index contributed by atoms with van der Waals surface area (Å²) in [6.45, 7) is 8.02. The van der Waals surface area contributed by atoms with E-state index in [1.54, 1.807) is 7.11 Å². The van der Waals surface area contributed by atoms with E-state index in [-0.39, 0.29) is 0 Å². The second-order valence-electron chi connectivity index (χ2n) is 8.63. The van der Waals surface area contributed by atoms with Crippen LogP contribution in [0.4, 0.5) is 5.69 Å². The Morgan fingerprint density at radius 3 is 2.50 bits per heavy atom. The minimum absolute atomic E-state index is 0.683. The van der Waals surface area contributed by atoms with Crippen LogP contribution in [0.3, 0.4) is 0 Å². The van der Waals surface area contributed by atoms with Crippen LogP contribution < -0.4 is 4.90 Å². The van der Waals surface area contributed by atoms with Crippen molar-refractivity contribution in [3.63, 3.8) is 0 Å². The van der Waals surface area contributed by atoms with E-state index in [1.807, 2.05) is 0 Å². The zero-order valence-corrected chi connectivity index (χ0v) is 17.0. The van der Waals surface area contributed by atoms with Crippen LogP contribution in [0.5, 0.6) is 0 Å². The number of anilines is 1. The van der Waals surface area contributed by atoms with Crippen molar-refractivity contribution in [1.82, 2.24) is 9.80 Å². The maximum Gasteiger partial charge on any atom is 0.0465 e. The van der Waals surface area contributed by atoms with E-state index < -0.39 is 0 Å². The number of likely N-dealkylation sites (tertiary alicyclic amines) is 1. The first-order valence-electron chi connectivity index (χ1n) is 10.0. The van der Waals surface area contributed by atoms with Gasteiger partial charge in [-0.3, -0.25) is 4.90 Å². The first kappa shape index (κ1) is 18.5. The molecule has 4 rings (SSSR count). The molecular weight excluding hydrogens is 346 g/mol. The highest BCUT2D eigenvalue weighted by Crippen LogP contribution is 2.49. The van der Waals surface area contributed by atoms with Crippen molar-refractivity contribution >= 4 is 17.3 Å². The predicted molar refractivity (Wildman–Crippen MR) is 108 cm³/mol. The molecule has 3 fully saturated rings. The summed E-state index contributed by atoms with van der Waals surface area (Å²) in [5.41, 5.74) is 3.19. The lowest BCUT2D eigenvalue weighted by molar-refractivity contribution is -0.0990. The second kappa shape index (κ2) is 7.67. The standard InChI is InChI=1S/C21H32ClN3O/c1-23-15-21(16-23)13-19(14-21)25-9-7-24(8-10-25)18-6-5-17(20(22)12-18)4-3-11-26-2/h5-6,12,19H,3-4,7-11,13-16H2,1-2H3. The Morgan fingerprint density at radius 2 is 1.88 bits per heavy atom. The molecule has 26 heavy (non-hydrogen) atoms. The molecule has 144 valence electrons. The SMILES string of the molecule is COCCCc1ccc(N2CCN(C3CC4(C3)CN(C)C4)CC2)cc1Cl. The van der Waals surface area contributed by atoms with Gasteiger partial charge < -0.3 is 14.5 Å². The summed E-state index contributed by atoms with van der Waals surface area (Å²) in [5, 5.41) is 0.899. The third-order valence-electron chi connectivity index (χ3n) is 6.57. The zero-order valence-electron chi connectivity index (χ0n) is 16.2. The van der Waals surface area contributed by atoms with E-state index in [1.165, 1.54) is 50.3 Å². The van der Waals surface area contributed by atoms with E-state index in [0.717, 1.165) is 43.6 Å². The van der Waals surface area contributed by atoms with Gasteiger partial charge in [-0.1, -0.05) is 17.7 Å². The average Bonchev–Trinajstić information content (AvgIpc) is 2.58. The molecule has 1 aromatic rings. The van der Waals surface area contributed by atoms with Gasteiger partial charge in [-0.05, 0) is 55.8 Å². The normalized spacial score (nSPS) is 23.9. The van der Waals surface area contributed by atoms with E-state index in [9.17, 15) is 0 Å². The summed E-state index contributed by atoms with van der Waals surface area (Å²) in [4.78, 5) is 7.67. The molecule has 5 heteroatoms. The maximum atomic E-state index is 6.52. The fourth-order valence-electron chi connectivity index (χ4n) is 5.24. The van der Waals surface area contributed by atoms with Gasteiger partial charge in [-0.2, -0.15) is 0 Å². The lowest BCUT2D eigenvalue weighted by Crippen LogP contribution is -2.66. The molecule has 4 nitrogen and oxygen atoms in total. The van der Waals surface area contributed by atoms with Gasteiger partial charge >= 0.3 is 0 Å². The highest BCUT2D eigenvalue weighted by molar-refractivity contribution is 6.31. The van der Waals surface area contributed by atoms with Crippen molar-refractivity contribution in [2.45, 2.75) is 31.7 Å². The average molecular weight is 378 g/mol. The van der Waals surface area contributed by atoms with Gasteiger partial charge in [0.05, 0.1) is 0 Å². The molecule has 0 aromatic heterocycles. The Morgan fingerprint density at radius 1 is 1.15 bits per heavy atom. The number of methoxy groups -OCH3 is 1. The minimum atomic E-state index is 0.683. The van der Waals surface area contributed by atoms with Crippen LogP contribution in [0.1, 0.15) is 24.8 Å². The number of rotatable bonds is 6. The Balaban J connectivity index is 1.26. The molecule has 0 N–H and O–H groups in total. The van der Waals surface area contributed by atoms with Gasteiger partial charge in [-0.15, -0.1) is 0 Å². The van der Waals surface area contributed by atoms with Crippen LogP contribution in [0.2, 0.25) is 5.02 Å². The summed E-state index contributed by atoms with van der Waals surface area (Å²) in [7, 11) is 3.99. The highest BCUT2D eigenvalue weighted by atomic mass is 35.5. The van der Waals surface area contributed by atoms with E-state index in [2.05, 4.69) is 39.9 Å². The number of hydrogen-bond donors (Lipinski definition) is 0. The third-order valence-corrected chi connectivity index (χ3v) is 6.93. The molecule has 0 bridgehead atoms. The number of nitrogens with zero attached hydrogens (tertiary/aromatic N) is 3. The number of ether oxygens (including phenoxy) is 1. The van der Waals surface area contributed by atoms with Crippen LogP contribution in [0, 0.1) is 5.41 Å². The fourth-order valence-corrected chi connectivity index (χ4v) is 5.51. The first-order valence-corrected chi connectivity index (χ1v) is 10.4. The van der Waals surface area contributed by atoms with E-state index in [4.69, 9.17) is 16.3 Å². The smallest absolute Gasteiger partial charge is 0.0465 e. The first-order chi connectivity index (χ1) is 12.6. The Kier molecular flexibility index (Phi) is 5.47. The van der Waals surface area contributed by atoms with Gasteiger partial charge in [-0.25, -0.2) is 0 Å². The van der Waals surface area contributed by atoms with Gasteiger partial charge in [0, 0.05) is 69.7 Å². The van der Waals surface area contributed by atoms with Crippen LogP contribution >= 0.6 is 11.6 Å². The molecule has 1 saturated carbocycles. The molecule has 3 aliphatic rings. The second-order valence-corrected chi connectivity index (χ2v) is 9.04. The molecule has 2 saturated heterocycles. The van der Waals surface area contributed by atoms with Crippen molar-refractivity contribution in [1.29, 1.82) is 0 Å². The molecule has 0 radical (unpaired) electrons. The molecule has 1 aliphatic carbocycles. The summed E-state index contributed by atoms with van der Waals surface area (Å²) >= 11 is 6.52. The Hall–Kier alpha value is -0.810. The van der Waals surface area contributed by atoms with Crippen molar-refractivity contribution in [3.8, 4) is 0 Å². The summed E-state index contributed by atoms with van der Waals surface area (Å²) in [6, 6.07) is 7.42. The fraction of sp³-hybridized carbons (Fsp3) is 0.714. The minimum Gasteiger partial charge on any atom is -0.385 e. The summed E-state index contributed by atoms with van der Waals surface area (Å²) in [5.74, 6) is 0. The number of halogens is 1. The quantitative estimate of drug-likeness (QED) is 0.709. The van der Waals surface area contributed by atoms with E-state index in [0.29, 0.717) is 5.41 Å². The Bertz CT molecular complexity index is 616. The molecule has 0 amide bonds. The number of aryl methyl sites for hydroxylation is 1. The number of hydrogen-bond acceptors (Lipinski definition) is 4. The molecule has 1 spiro atoms. The van der Waals surface area contributed by atoms with Gasteiger partial charge in [0.25, 0.3) is 0 Å². The monoisotopic (exact) mass is 377 g/mol. The molecule has 2 heterocycles. The molecule has 2 aliphatic heterocycles. The van der Waals surface area contributed by atoms with Crippen molar-refractivity contribution in [2.24, 2.45) is 5.41 Å². The van der Waals surface area contributed by atoms with Gasteiger partial charge in [0.15, 0.2) is 0 Å². The van der Waals surface area contributed by atoms with Crippen molar-refractivity contribution < 1.29 is 4.74 Å². The topological polar surface area (TPSA) is 19.0 Å². The summed E-state index contributed by atoms with van der Waals surface area (Å²) < 4.78 is 5.14. The van der Waals surface area contributed by atoms with Crippen LogP contribution in [0.15, 0.2) is 18.2 Å². The summed E-state index contributed by atoms with van der Waals surface area (Å²) in [6.07, 6.45) is 4.84. The van der Waals surface area contributed by atoms with Crippen molar-refractivity contribution in [3.05, 3.63) is 28.8 Å². The number of benzene rings is 1. The van der Waals surface area contributed by atoms with Crippen LogP contribution in [0.25, 0.3) is 0 Å².